The number of fused-ring (bicyclic) bond motifs is 1. The number of aromatic nitrogens is 2. The van der Waals surface area contributed by atoms with Gasteiger partial charge in [0.2, 0.25) is 10.0 Å². The van der Waals surface area contributed by atoms with E-state index < -0.39 is 16.0 Å². The topological polar surface area (TPSA) is 103 Å². The number of sulfonamides is 1. The van der Waals surface area contributed by atoms with Crippen LogP contribution < -0.4 is 0 Å². The second-order valence-corrected chi connectivity index (χ2v) is 6.32. The van der Waals surface area contributed by atoms with Crippen molar-refractivity contribution in [2.45, 2.75) is 26.3 Å². The van der Waals surface area contributed by atoms with Crippen molar-refractivity contribution in [3.8, 4) is 0 Å². The maximum atomic E-state index is 11.9. The highest BCUT2D eigenvalue weighted by molar-refractivity contribution is 7.89. The summed E-state index contributed by atoms with van der Waals surface area (Å²) < 4.78 is 25.2. The molecule has 0 saturated carbocycles. The largest absolute Gasteiger partial charge is 0.476 e. The van der Waals surface area contributed by atoms with Gasteiger partial charge in [-0.15, -0.1) is 0 Å². The van der Waals surface area contributed by atoms with E-state index in [1.807, 2.05) is 0 Å². The third-order valence-electron chi connectivity index (χ3n) is 2.96. The molecule has 0 radical (unpaired) electrons. The Hall–Kier alpha value is -1.41. The second kappa shape index (κ2) is 4.69. The summed E-state index contributed by atoms with van der Waals surface area (Å²) in [5, 5.41) is 15.3. The van der Waals surface area contributed by atoms with Crippen molar-refractivity contribution < 1.29 is 18.3 Å². The minimum Gasteiger partial charge on any atom is -0.476 e. The summed E-state index contributed by atoms with van der Waals surface area (Å²) >= 11 is 0. The number of carboxylic acids is 1. The van der Waals surface area contributed by atoms with Crippen LogP contribution in [0.3, 0.4) is 0 Å². The van der Waals surface area contributed by atoms with Gasteiger partial charge in [0.1, 0.15) is 0 Å². The highest BCUT2D eigenvalue weighted by atomic mass is 32.2. The minimum atomic E-state index is -3.30. The third kappa shape index (κ3) is 2.25. The Kier molecular flexibility index (Phi) is 3.40. The molecule has 0 saturated heterocycles. The Balaban J connectivity index is 2.29. The highest BCUT2D eigenvalue weighted by Crippen LogP contribution is 2.22. The number of aromatic amines is 1. The van der Waals surface area contributed by atoms with Crippen LogP contribution in [0.25, 0.3) is 0 Å². The number of aromatic carboxylic acids is 1. The lowest BCUT2D eigenvalue weighted by Gasteiger charge is -2.25. The molecule has 2 N–H and O–H groups in total. The Morgan fingerprint density at radius 2 is 2.28 bits per heavy atom. The Labute approximate surface area is 105 Å². The molecule has 0 bridgehead atoms. The average Bonchev–Trinajstić information content (AvgIpc) is 2.71. The Morgan fingerprint density at radius 1 is 1.56 bits per heavy atom. The number of nitrogens with zero attached hydrogens (tertiary/aromatic N) is 2. The van der Waals surface area contributed by atoms with Crippen molar-refractivity contribution in [3.05, 3.63) is 17.0 Å². The molecule has 7 nitrogen and oxygen atoms in total. The zero-order valence-corrected chi connectivity index (χ0v) is 10.8. The summed E-state index contributed by atoms with van der Waals surface area (Å²) in [5.74, 6) is -1.05. The molecule has 0 amide bonds. The minimum absolute atomic E-state index is 0.0820. The fourth-order valence-corrected chi connectivity index (χ4v) is 3.54. The van der Waals surface area contributed by atoms with Crippen molar-refractivity contribution in [2.24, 2.45) is 0 Å². The van der Waals surface area contributed by atoms with Crippen LogP contribution in [-0.4, -0.2) is 46.3 Å². The summed E-state index contributed by atoms with van der Waals surface area (Å²) in [6, 6.07) is 0. The SMILES string of the molecule is CCCS(=O)(=O)N1CCc2[nH]nc(C(=O)O)c2C1. The van der Waals surface area contributed by atoms with Crippen LogP contribution in [0.15, 0.2) is 0 Å². The smallest absolute Gasteiger partial charge is 0.356 e. The highest BCUT2D eigenvalue weighted by Gasteiger charge is 2.30. The molecule has 1 aliphatic heterocycles. The van der Waals surface area contributed by atoms with E-state index in [-0.39, 0.29) is 18.0 Å². The first-order chi connectivity index (χ1) is 8.45. The van der Waals surface area contributed by atoms with Crippen molar-refractivity contribution in [2.75, 3.05) is 12.3 Å². The van der Waals surface area contributed by atoms with Crippen molar-refractivity contribution in [3.63, 3.8) is 0 Å². The number of rotatable bonds is 4. The lowest BCUT2D eigenvalue weighted by molar-refractivity contribution is 0.0688. The van der Waals surface area contributed by atoms with E-state index in [0.717, 1.165) is 5.69 Å². The van der Waals surface area contributed by atoms with Gasteiger partial charge in [0.15, 0.2) is 5.69 Å². The molecule has 8 heteroatoms. The number of carbonyl (C=O) groups is 1. The molecule has 0 aliphatic carbocycles. The average molecular weight is 273 g/mol. The van der Waals surface area contributed by atoms with Crippen LogP contribution in [0.1, 0.15) is 35.1 Å². The summed E-state index contributed by atoms with van der Waals surface area (Å²) in [6.07, 6.45) is 1.02. The van der Waals surface area contributed by atoms with E-state index in [4.69, 9.17) is 5.11 Å². The van der Waals surface area contributed by atoms with Crippen LogP contribution >= 0.6 is 0 Å². The van der Waals surface area contributed by atoms with Gasteiger partial charge in [-0.25, -0.2) is 13.2 Å². The molecule has 1 aromatic rings. The first kappa shape index (κ1) is 13.0. The van der Waals surface area contributed by atoms with E-state index in [9.17, 15) is 13.2 Å². The van der Waals surface area contributed by atoms with E-state index in [2.05, 4.69) is 10.2 Å². The third-order valence-corrected chi connectivity index (χ3v) is 4.98. The number of hydrogen-bond donors (Lipinski definition) is 2. The number of hydrogen-bond acceptors (Lipinski definition) is 4. The molecule has 1 aliphatic rings. The summed E-state index contributed by atoms with van der Waals surface area (Å²) in [5.41, 5.74) is 1.12. The van der Waals surface area contributed by atoms with E-state index in [1.165, 1.54) is 4.31 Å². The molecule has 0 aromatic carbocycles. The standard InChI is InChI=1S/C10H15N3O4S/c1-2-5-18(16,17)13-4-3-8-7(6-13)9(10(14)15)12-11-8/h2-6H2,1H3,(H,11,12)(H,14,15). The molecule has 100 valence electrons. The van der Waals surface area contributed by atoms with Crippen LogP contribution in [0.2, 0.25) is 0 Å². The van der Waals surface area contributed by atoms with Crippen molar-refractivity contribution >= 4 is 16.0 Å². The zero-order valence-electron chi connectivity index (χ0n) is 10.0. The molecule has 0 fully saturated rings. The van der Waals surface area contributed by atoms with Crippen LogP contribution in [0.4, 0.5) is 0 Å². The van der Waals surface area contributed by atoms with Gasteiger partial charge in [-0.1, -0.05) is 6.92 Å². The molecular formula is C10H15N3O4S. The normalized spacial score (nSPS) is 16.5. The summed E-state index contributed by atoms with van der Waals surface area (Å²) in [6.45, 7) is 2.26. The fraction of sp³-hybridized carbons (Fsp3) is 0.600. The summed E-state index contributed by atoms with van der Waals surface area (Å²) in [7, 11) is -3.30. The van der Waals surface area contributed by atoms with Gasteiger partial charge < -0.3 is 5.11 Å². The first-order valence-electron chi connectivity index (χ1n) is 5.73. The first-order valence-corrected chi connectivity index (χ1v) is 7.34. The molecule has 18 heavy (non-hydrogen) atoms. The molecular weight excluding hydrogens is 258 g/mol. The van der Waals surface area contributed by atoms with Gasteiger partial charge in [0.25, 0.3) is 0 Å². The summed E-state index contributed by atoms with van der Waals surface area (Å²) in [4.78, 5) is 11.0. The van der Waals surface area contributed by atoms with Crippen LogP contribution in [0, 0.1) is 0 Å². The van der Waals surface area contributed by atoms with Gasteiger partial charge in [-0.2, -0.15) is 9.40 Å². The molecule has 0 atom stereocenters. The molecule has 0 unspecified atom stereocenters. The monoisotopic (exact) mass is 273 g/mol. The van der Waals surface area contributed by atoms with E-state index in [1.54, 1.807) is 6.92 Å². The lowest BCUT2D eigenvalue weighted by atomic mass is 10.1. The van der Waals surface area contributed by atoms with Gasteiger partial charge in [-0.05, 0) is 6.42 Å². The van der Waals surface area contributed by atoms with Crippen molar-refractivity contribution in [1.82, 2.24) is 14.5 Å². The van der Waals surface area contributed by atoms with Gasteiger partial charge in [-0.3, -0.25) is 5.10 Å². The number of nitrogens with one attached hydrogen (secondary N) is 1. The molecule has 2 heterocycles. The second-order valence-electron chi connectivity index (χ2n) is 4.23. The van der Waals surface area contributed by atoms with E-state index in [0.29, 0.717) is 24.9 Å². The van der Waals surface area contributed by atoms with Crippen molar-refractivity contribution in [1.29, 1.82) is 0 Å². The lowest BCUT2D eigenvalue weighted by Crippen LogP contribution is -2.37. The van der Waals surface area contributed by atoms with Crippen LogP contribution in [-0.2, 0) is 23.0 Å². The van der Waals surface area contributed by atoms with E-state index >= 15 is 0 Å². The zero-order chi connectivity index (χ0) is 13.3. The predicted molar refractivity (Wildman–Crippen MR) is 63.7 cm³/mol. The fourth-order valence-electron chi connectivity index (χ4n) is 2.07. The number of carboxylic acid groups (broad SMARTS) is 1. The Bertz CT molecular complexity index is 564. The Morgan fingerprint density at radius 3 is 2.89 bits per heavy atom. The molecule has 0 spiro atoms. The maximum Gasteiger partial charge on any atom is 0.356 e. The van der Waals surface area contributed by atoms with Gasteiger partial charge in [0.05, 0.1) is 5.75 Å². The molecule has 2 rings (SSSR count). The quantitative estimate of drug-likeness (QED) is 0.816. The number of H-pyrrole nitrogens is 1. The predicted octanol–water partition coefficient (Wildman–Crippen LogP) is 0.206. The van der Waals surface area contributed by atoms with Gasteiger partial charge >= 0.3 is 5.97 Å². The molecule has 1 aromatic heterocycles. The maximum absolute atomic E-state index is 11.9. The van der Waals surface area contributed by atoms with Gasteiger partial charge in [0, 0.05) is 30.8 Å². The van der Waals surface area contributed by atoms with Crippen LogP contribution in [0.5, 0.6) is 0 Å².